The number of nitrogens with zero attached hydrogens (tertiary/aromatic N) is 3. The second-order valence-electron chi connectivity index (χ2n) is 6.37. The first kappa shape index (κ1) is 17.1. The van der Waals surface area contributed by atoms with E-state index in [1.165, 1.54) is 30.6 Å². The van der Waals surface area contributed by atoms with E-state index in [2.05, 4.69) is 22.3 Å². The first-order valence-corrected chi connectivity index (χ1v) is 9.36. The summed E-state index contributed by atoms with van der Waals surface area (Å²) in [5.41, 5.74) is 1.38. The van der Waals surface area contributed by atoms with Crippen LogP contribution in [0.3, 0.4) is 0 Å². The summed E-state index contributed by atoms with van der Waals surface area (Å²) in [5.74, 6) is 0.469. The maximum absolute atomic E-state index is 12.2. The van der Waals surface area contributed by atoms with Gasteiger partial charge in [0, 0.05) is 30.7 Å². The van der Waals surface area contributed by atoms with E-state index >= 15 is 0 Å². The topological polar surface area (TPSA) is 69.0 Å². The molecule has 0 bridgehead atoms. The molecule has 1 N–H and O–H groups in total. The van der Waals surface area contributed by atoms with E-state index in [9.17, 15) is 4.79 Å². The Hall–Kier alpha value is -1.73. The van der Waals surface area contributed by atoms with Crippen molar-refractivity contribution in [2.45, 2.75) is 38.7 Å². The number of amides is 1. The molecule has 1 fully saturated rings. The van der Waals surface area contributed by atoms with E-state index in [1.807, 2.05) is 13.2 Å². The average molecular weight is 348 g/mol. The summed E-state index contributed by atoms with van der Waals surface area (Å²) in [6.45, 7) is 3.32. The van der Waals surface area contributed by atoms with Gasteiger partial charge in [-0.1, -0.05) is 19.8 Å². The normalized spacial score (nSPS) is 20.9. The monoisotopic (exact) mass is 348 g/mol. The number of ether oxygens (including phenoxy) is 1. The van der Waals surface area contributed by atoms with Gasteiger partial charge in [0.15, 0.2) is 0 Å². The molecule has 2 aromatic heterocycles. The Balaban J connectivity index is 1.44. The number of carbonyl (C=O) groups excluding carboxylic acids is 1. The number of carbonyl (C=O) groups is 1. The molecule has 7 heteroatoms. The largest absolute Gasteiger partial charge is 0.376 e. The average Bonchev–Trinajstić information content (AvgIpc) is 3.21. The third kappa shape index (κ3) is 4.21. The van der Waals surface area contributed by atoms with Gasteiger partial charge in [-0.05, 0) is 18.8 Å². The van der Waals surface area contributed by atoms with Gasteiger partial charge in [-0.15, -0.1) is 11.3 Å². The second kappa shape index (κ2) is 7.90. The summed E-state index contributed by atoms with van der Waals surface area (Å²) in [6, 6.07) is 0. The van der Waals surface area contributed by atoms with Gasteiger partial charge in [-0.2, -0.15) is 5.10 Å². The standard InChI is InChI=1S/C17H24N4O2S/c1-12-5-3-4-6-15(12)23-8-7-18-16(22)14-11-24-17(20-14)13-9-19-21(2)10-13/h9-12,15H,3-8H2,1-2H3,(H,18,22). The van der Waals surface area contributed by atoms with E-state index in [0.29, 0.717) is 30.9 Å². The van der Waals surface area contributed by atoms with Crippen LogP contribution in [0.25, 0.3) is 10.6 Å². The van der Waals surface area contributed by atoms with Gasteiger partial charge in [0.05, 0.1) is 18.9 Å². The molecule has 0 radical (unpaired) electrons. The molecule has 0 spiro atoms. The molecule has 0 saturated heterocycles. The fourth-order valence-electron chi connectivity index (χ4n) is 3.04. The molecule has 0 aromatic carbocycles. The van der Waals surface area contributed by atoms with E-state index in [1.54, 1.807) is 16.3 Å². The highest BCUT2D eigenvalue weighted by Crippen LogP contribution is 2.26. The van der Waals surface area contributed by atoms with Crippen molar-refractivity contribution < 1.29 is 9.53 Å². The highest BCUT2D eigenvalue weighted by molar-refractivity contribution is 7.13. The van der Waals surface area contributed by atoms with Gasteiger partial charge in [0.25, 0.3) is 5.91 Å². The quantitative estimate of drug-likeness (QED) is 0.815. The zero-order valence-corrected chi connectivity index (χ0v) is 15.0. The summed E-state index contributed by atoms with van der Waals surface area (Å²) >= 11 is 1.45. The molecule has 1 amide bonds. The molecule has 130 valence electrons. The zero-order valence-electron chi connectivity index (χ0n) is 14.2. The maximum atomic E-state index is 12.2. The Bertz CT molecular complexity index is 682. The smallest absolute Gasteiger partial charge is 0.270 e. The number of nitrogens with one attached hydrogen (secondary N) is 1. The minimum absolute atomic E-state index is 0.151. The van der Waals surface area contributed by atoms with Crippen LogP contribution in [0.1, 0.15) is 43.1 Å². The third-order valence-electron chi connectivity index (χ3n) is 4.44. The predicted molar refractivity (Wildman–Crippen MR) is 94.0 cm³/mol. The molecule has 6 nitrogen and oxygen atoms in total. The lowest BCUT2D eigenvalue weighted by Gasteiger charge is -2.28. The van der Waals surface area contributed by atoms with Crippen molar-refractivity contribution in [3.63, 3.8) is 0 Å². The molecule has 2 heterocycles. The van der Waals surface area contributed by atoms with Gasteiger partial charge < -0.3 is 10.1 Å². The highest BCUT2D eigenvalue weighted by Gasteiger charge is 2.21. The van der Waals surface area contributed by atoms with Crippen LogP contribution < -0.4 is 5.32 Å². The number of hydrogen-bond acceptors (Lipinski definition) is 5. The van der Waals surface area contributed by atoms with Crippen molar-refractivity contribution in [3.05, 3.63) is 23.5 Å². The van der Waals surface area contributed by atoms with Crippen LogP contribution in [-0.4, -0.2) is 39.9 Å². The Kier molecular flexibility index (Phi) is 5.63. The predicted octanol–water partition coefficient (Wildman–Crippen LogP) is 2.87. The molecule has 24 heavy (non-hydrogen) atoms. The fraction of sp³-hybridized carbons (Fsp3) is 0.588. The van der Waals surface area contributed by atoms with Gasteiger partial charge in [-0.3, -0.25) is 9.48 Å². The van der Waals surface area contributed by atoms with Crippen molar-refractivity contribution in [1.82, 2.24) is 20.1 Å². The van der Waals surface area contributed by atoms with Crippen molar-refractivity contribution in [2.75, 3.05) is 13.2 Å². The number of rotatable bonds is 6. The lowest BCUT2D eigenvalue weighted by molar-refractivity contribution is -0.00294. The number of aromatic nitrogens is 3. The molecular formula is C17H24N4O2S. The summed E-state index contributed by atoms with van der Waals surface area (Å²) in [7, 11) is 1.86. The van der Waals surface area contributed by atoms with Crippen molar-refractivity contribution in [2.24, 2.45) is 13.0 Å². The van der Waals surface area contributed by atoms with Gasteiger partial charge in [0.1, 0.15) is 10.7 Å². The molecule has 0 aliphatic heterocycles. The molecule has 2 aromatic rings. The lowest BCUT2D eigenvalue weighted by atomic mass is 9.88. The lowest BCUT2D eigenvalue weighted by Crippen LogP contribution is -2.31. The Morgan fingerprint density at radius 3 is 3.04 bits per heavy atom. The fourth-order valence-corrected chi connectivity index (χ4v) is 3.81. The molecule has 3 rings (SSSR count). The minimum Gasteiger partial charge on any atom is -0.376 e. The zero-order chi connectivity index (χ0) is 16.9. The Morgan fingerprint density at radius 1 is 1.46 bits per heavy atom. The minimum atomic E-state index is -0.151. The van der Waals surface area contributed by atoms with Crippen LogP contribution in [0, 0.1) is 5.92 Å². The van der Waals surface area contributed by atoms with E-state index in [0.717, 1.165) is 17.0 Å². The second-order valence-corrected chi connectivity index (χ2v) is 7.23. The Morgan fingerprint density at radius 2 is 2.29 bits per heavy atom. The molecule has 1 saturated carbocycles. The van der Waals surface area contributed by atoms with Crippen LogP contribution in [-0.2, 0) is 11.8 Å². The number of thiazole rings is 1. The van der Waals surface area contributed by atoms with Gasteiger partial charge in [-0.25, -0.2) is 4.98 Å². The summed E-state index contributed by atoms with van der Waals surface area (Å²) < 4.78 is 7.64. The van der Waals surface area contributed by atoms with Crippen LogP contribution in [0.2, 0.25) is 0 Å². The highest BCUT2D eigenvalue weighted by atomic mass is 32.1. The van der Waals surface area contributed by atoms with Crippen molar-refractivity contribution in [1.29, 1.82) is 0 Å². The van der Waals surface area contributed by atoms with Crippen LogP contribution in [0.4, 0.5) is 0 Å². The molecule has 1 aliphatic rings. The van der Waals surface area contributed by atoms with Gasteiger partial charge >= 0.3 is 0 Å². The van der Waals surface area contributed by atoms with Gasteiger partial charge in [0.2, 0.25) is 0 Å². The summed E-state index contributed by atoms with van der Waals surface area (Å²) in [6.07, 6.45) is 8.91. The van der Waals surface area contributed by atoms with Crippen molar-refractivity contribution in [3.8, 4) is 10.6 Å². The van der Waals surface area contributed by atoms with E-state index < -0.39 is 0 Å². The first-order chi connectivity index (χ1) is 11.6. The molecule has 1 aliphatic carbocycles. The van der Waals surface area contributed by atoms with Crippen LogP contribution in [0.5, 0.6) is 0 Å². The summed E-state index contributed by atoms with van der Waals surface area (Å²) in [5, 5.41) is 9.59. The van der Waals surface area contributed by atoms with Crippen LogP contribution >= 0.6 is 11.3 Å². The van der Waals surface area contributed by atoms with Crippen molar-refractivity contribution >= 4 is 17.2 Å². The summed E-state index contributed by atoms with van der Waals surface area (Å²) in [4.78, 5) is 16.6. The van der Waals surface area contributed by atoms with Crippen LogP contribution in [0.15, 0.2) is 17.8 Å². The number of hydrogen-bond donors (Lipinski definition) is 1. The molecule has 2 unspecified atom stereocenters. The van der Waals surface area contributed by atoms with E-state index in [4.69, 9.17) is 4.74 Å². The Labute approximate surface area is 146 Å². The number of aryl methyl sites for hydroxylation is 1. The maximum Gasteiger partial charge on any atom is 0.270 e. The molecular weight excluding hydrogens is 324 g/mol. The molecule has 2 atom stereocenters. The first-order valence-electron chi connectivity index (χ1n) is 8.48. The van der Waals surface area contributed by atoms with E-state index in [-0.39, 0.29) is 5.91 Å². The SMILES string of the molecule is CC1CCCCC1OCCNC(=O)c1csc(-c2cnn(C)c2)n1. The third-order valence-corrected chi connectivity index (χ3v) is 5.33.